The lowest BCUT2D eigenvalue weighted by Crippen LogP contribution is -2.35. The number of aliphatic hydroxyl groups excluding tert-OH is 1. The molecule has 0 unspecified atom stereocenters. The molecule has 2 aromatic heterocycles. The first-order valence-electron chi connectivity index (χ1n) is 9.11. The van der Waals surface area contributed by atoms with Crippen molar-refractivity contribution in [2.45, 2.75) is 38.5 Å². The van der Waals surface area contributed by atoms with E-state index in [9.17, 15) is 9.90 Å². The fraction of sp³-hybridized carbons (Fsp3) is 0.286. The molecule has 3 aromatic rings. The molecule has 2 N–H and O–H groups in total. The average molecular weight is 466 g/mol. The highest BCUT2D eigenvalue weighted by Gasteiger charge is 2.25. The Balaban J connectivity index is 1.92. The van der Waals surface area contributed by atoms with E-state index in [1.165, 1.54) is 23.9 Å². The van der Waals surface area contributed by atoms with Crippen molar-refractivity contribution in [2.24, 2.45) is 0 Å². The summed E-state index contributed by atoms with van der Waals surface area (Å²) in [6, 6.07) is 8.50. The second kappa shape index (κ2) is 9.31. The predicted octanol–water partition coefficient (Wildman–Crippen LogP) is 5.54. The van der Waals surface area contributed by atoms with Crippen LogP contribution in [-0.2, 0) is 4.74 Å². The number of benzene rings is 1. The number of nitrogens with one attached hydrogen (secondary N) is 1. The molecule has 1 amide bonds. The summed E-state index contributed by atoms with van der Waals surface area (Å²) in [5, 5.41) is 16.2. The molecule has 0 radical (unpaired) electrons. The quantitative estimate of drug-likeness (QED) is 0.483. The second-order valence-electron chi connectivity index (χ2n) is 7.59. The maximum atomic E-state index is 12.5. The van der Waals surface area contributed by atoms with E-state index in [4.69, 9.17) is 27.9 Å². The monoisotopic (exact) mass is 465 g/mol. The summed E-state index contributed by atoms with van der Waals surface area (Å²) < 4.78 is 5.42. The van der Waals surface area contributed by atoms with E-state index in [0.717, 1.165) is 11.1 Å². The number of alkyl carbamates (subject to hydrolysis) is 1. The molecule has 0 aliphatic heterocycles. The number of amides is 1. The number of carbonyl (C=O) groups excluding carboxylic acids is 1. The molecule has 0 aliphatic rings. The number of aromatic nitrogens is 2. The number of thiophene rings is 1. The zero-order valence-electron chi connectivity index (χ0n) is 16.6. The van der Waals surface area contributed by atoms with Crippen LogP contribution in [0.2, 0.25) is 10.2 Å². The molecule has 3 rings (SSSR count). The van der Waals surface area contributed by atoms with Crippen molar-refractivity contribution in [1.82, 2.24) is 15.3 Å². The molecule has 0 bridgehead atoms. The van der Waals surface area contributed by atoms with Crippen molar-refractivity contribution in [2.75, 3.05) is 0 Å². The van der Waals surface area contributed by atoms with Gasteiger partial charge in [0.25, 0.3) is 0 Å². The molecule has 0 spiro atoms. The van der Waals surface area contributed by atoms with Crippen molar-refractivity contribution >= 4 is 40.6 Å². The Hall–Kier alpha value is -2.19. The number of halogens is 2. The molecular weight excluding hydrogens is 445 g/mol. The summed E-state index contributed by atoms with van der Waals surface area (Å²) in [7, 11) is 0. The minimum atomic E-state index is -0.987. The molecule has 0 saturated carbocycles. The Morgan fingerprint density at radius 1 is 1.23 bits per heavy atom. The van der Waals surface area contributed by atoms with Crippen LogP contribution in [-0.4, -0.2) is 26.8 Å². The molecule has 30 heavy (non-hydrogen) atoms. The van der Waals surface area contributed by atoms with Crippen molar-refractivity contribution in [3.63, 3.8) is 0 Å². The van der Waals surface area contributed by atoms with Gasteiger partial charge in [-0.1, -0.05) is 35.3 Å². The molecule has 0 saturated heterocycles. The normalized spacial score (nSPS) is 13.5. The second-order valence-corrected chi connectivity index (χ2v) is 9.33. The van der Waals surface area contributed by atoms with Crippen LogP contribution in [0.5, 0.6) is 0 Å². The van der Waals surface area contributed by atoms with E-state index >= 15 is 0 Å². The first kappa shape index (κ1) is 22.5. The van der Waals surface area contributed by atoms with Crippen LogP contribution >= 0.6 is 34.5 Å². The minimum absolute atomic E-state index is 0.186. The number of aliphatic hydroxyl groups is 1. The van der Waals surface area contributed by atoms with Gasteiger partial charge in [0.1, 0.15) is 23.2 Å². The Kier molecular flexibility index (Phi) is 6.98. The van der Waals surface area contributed by atoms with Gasteiger partial charge in [0, 0.05) is 21.7 Å². The third-order valence-electron chi connectivity index (χ3n) is 4.07. The van der Waals surface area contributed by atoms with E-state index < -0.39 is 23.8 Å². The summed E-state index contributed by atoms with van der Waals surface area (Å²) in [6.07, 6.45) is 1.25. The average Bonchev–Trinajstić information content (AvgIpc) is 3.14. The maximum Gasteiger partial charge on any atom is 0.408 e. The molecule has 2 heterocycles. The van der Waals surface area contributed by atoms with E-state index in [2.05, 4.69) is 15.3 Å². The van der Waals surface area contributed by atoms with Gasteiger partial charge in [-0.3, -0.25) is 0 Å². The molecule has 0 fully saturated rings. The molecule has 6 nitrogen and oxygen atoms in total. The number of hydrogen-bond acceptors (Lipinski definition) is 6. The highest BCUT2D eigenvalue weighted by Crippen LogP contribution is 2.34. The van der Waals surface area contributed by atoms with Crippen LogP contribution in [0.4, 0.5) is 4.79 Å². The Morgan fingerprint density at radius 3 is 2.67 bits per heavy atom. The summed E-state index contributed by atoms with van der Waals surface area (Å²) in [5.41, 5.74) is 1.33. The third kappa shape index (κ3) is 5.70. The van der Waals surface area contributed by atoms with Crippen LogP contribution < -0.4 is 5.32 Å². The van der Waals surface area contributed by atoms with E-state index in [1.54, 1.807) is 32.9 Å². The lowest BCUT2D eigenvalue weighted by molar-refractivity contribution is 0.0512. The number of nitrogens with zero attached hydrogens (tertiary/aromatic N) is 2. The maximum absolute atomic E-state index is 12.5. The first-order chi connectivity index (χ1) is 14.1. The lowest BCUT2D eigenvalue weighted by Gasteiger charge is -2.24. The molecular formula is C21H21Cl2N3O3S. The van der Waals surface area contributed by atoms with Crippen molar-refractivity contribution in [1.29, 1.82) is 0 Å². The summed E-state index contributed by atoms with van der Waals surface area (Å²) in [6.45, 7) is 5.39. The Morgan fingerprint density at radius 2 is 2.00 bits per heavy atom. The predicted molar refractivity (Wildman–Crippen MR) is 118 cm³/mol. The summed E-state index contributed by atoms with van der Waals surface area (Å²) in [5.74, 6) is 0. The summed E-state index contributed by atoms with van der Waals surface area (Å²) in [4.78, 5) is 20.9. The van der Waals surface area contributed by atoms with Crippen LogP contribution in [0.15, 0.2) is 48.2 Å². The minimum Gasteiger partial charge on any atom is -0.444 e. The van der Waals surface area contributed by atoms with Crippen LogP contribution in [0, 0.1) is 0 Å². The van der Waals surface area contributed by atoms with Gasteiger partial charge < -0.3 is 15.2 Å². The molecule has 2 atom stereocenters. The fourth-order valence-corrected chi connectivity index (χ4v) is 4.13. The number of ether oxygens (including phenoxy) is 1. The van der Waals surface area contributed by atoms with E-state index in [-0.39, 0.29) is 5.15 Å². The SMILES string of the molecule is CC(C)(C)OC(=O)N[C@H](c1cccc(Cl)c1)c1csc([C@@H](O)c2cncnc2Cl)c1. The van der Waals surface area contributed by atoms with Gasteiger partial charge >= 0.3 is 6.09 Å². The van der Waals surface area contributed by atoms with Crippen molar-refractivity contribution in [3.8, 4) is 0 Å². The Labute approximate surface area is 188 Å². The van der Waals surface area contributed by atoms with Gasteiger partial charge in [0.05, 0.1) is 6.04 Å². The summed E-state index contributed by atoms with van der Waals surface area (Å²) >= 11 is 13.6. The standard InChI is InChI=1S/C21H21Cl2N3O3S/c1-21(2,3)29-20(28)26-17(12-5-4-6-14(22)7-12)13-8-16(30-10-13)18(27)15-9-24-11-25-19(15)23/h4-11,17-18,27H,1-3H3,(H,26,28)/t17-,18+/m1/s1. The molecule has 9 heteroatoms. The van der Waals surface area contributed by atoms with Crippen LogP contribution in [0.3, 0.4) is 0 Å². The topological polar surface area (TPSA) is 84.3 Å². The zero-order valence-corrected chi connectivity index (χ0v) is 18.9. The fourth-order valence-electron chi connectivity index (χ4n) is 2.80. The van der Waals surface area contributed by atoms with Crippen molar-refractivity contribution in [3.05, 3.63) is 80.0 Å². The smallest absolute Gasteiger partial charge is 0.408 e. The van der Waals surface area contributed by atoms with E-state index in [1.807, 2.05) is 23.6 Å². The first-order valence-corrected chi connectivity index (χ1v) is 10.7. The lowest BCUT2D eigenvalue weighted by atomic mass is 10.0. The van der Waals surface area contributed by atoms with Gasteiger partial charge in [-0.15, -0.1) is 11.3 Å². The Bertz CT molecular complexity index is 1040. The molecule has 0 aliphatic carbocycles. The number of carbonyl (C=O) groups is 1. The van der Waals surface area contributed by atoms with Gasteiger partial charge in [-0.25, -0.2) is 14.8 Å². The zero-order chi connectivity index (χ0) is 21.9. The van der Waals surface area contributed by atoms with Gasteiger partial charge in [0.2, 0.25) is 0 Å². The molecule has 1 aromatic carbocycles. The van der Waals surface area contributed by atoms with E-state index in [0.29, 0.717) is 15.5 Å². The van der Waals surface area contributed by atoms with Crippen LogP contribution in [0.1, 0.15) is 54.5 Å². The van der Waals surface area contributed by atoms with Gasteiger partial charge in [0.15, 0.2) is 0 Å². The van der Waals surface area contributed by atoms with Crippen LogP contribution in [0.25, 0.3) is 0 Å². The third-order valence-corrected chi connectivity index (χ3v) is 5.62. The highest BCUT2D eigenvalue weighted by atomic mass is 35.5. The number of hydrogen-bond donors (Lipinski definition) is 2. The molecule has 158 valence electrons. The van der Waals surface area contributed by atoms with Gasteiger partial charge in [-0.2, -0.15) is 0 Å². The number of rotatable bonds is 5. The van der Waals surface area contributed by atoms with Crippen molar-refractivity contribution < 1.29 is 14.6 Å². The highest BCUT2D eigenvalue weighted by molar-refractivity contribution is 7.10. The largest absolute Gasteiger partial charge is 0.444 e. The van der Waals surface area contributed by atoms with Gasteiger partial charge in [-0.05, 0) is 55.5 Å².